The molecule has 90 valence electrons. The zero-order valence-electron chi connectivity index (χ0n) is 10.5. The first kappa shape index (κ1) is 13.1. The van der Waals surface area contributed by atoms with Gasteiger partial charge >= 0.3 is 0 Å². The third kappa shape index (κ3) is 4.73. The van der Waals surface area contributed by atoms with Gasteiger partial charge in [0.05, 0.1) is 6.61 Å². The van der Waals surface area contributed by atoms with Crippen molar-refractivity contribution in [2.75, 3.05) is 13.7 Å². The fourth-order valence-corrected chi connectivity index (χ4v) is 1.77. The number of hydrogen-bond donors (Lipinski definition) is 1. The zero-order chi connectivity index (χ0) is 11.8. The van der Waals surface area contributed by atoms with Gasteiger partial charge in [0.25, 0.3) is 0 Å². The van der Waals surface area contributed by atoms with E-state index < -0.39 is 0 Å². The van der Waals surface area contributed by atoms with Crippen LogP contribution in [0, 0.1) is 6.92 Å². The zero-order valence-corrected chi connectivity index (χ0v) is 10.5. The Morgan fingerprint density at radius 2 is 2.25 bits per heavy atom. The van der Waals surface area contributed by atoms with Gasteiger partial charge in [0.2, 0.25) is 0 Å². The van der Waals surface area contributed by atoms with Gasteiger partial charge in [-0.2, -0.15) is 0 Å². The van der Waals surface area contributed by atoms with E-state index in [1.54, 1.807) is 7.11 Å². The van der Waals surface area contributed by atoms with Crippen molar-refractivity contribution in [3.8, 4) is 0 Å². The van der Waals surface area contributed by atoms with Gasteiger partial charge in [0.1, 0.15) is 0 Å². The Morgan fingerprint density at radius 1 is 1.44 bits per heavy atom. The first-order valence-electron chi connectivity index (χ1n) is 5.89. The fourth-order valence-electron chi connectivity index (χ4n) is 1.77. The molecule has 0 aliphatic rings. The molecule has 0 amide bonds. The molecule has 0 bridgehead atoms. The minimum atomic E-state index is 0.440. The smallest absolute Gasteiger partial charge is 0.0615 e. The maximum absolute atomic E-state index is 5.19. The standard InChI is InChI=1S/C13H22N2O/c1-4-5-13(10-16-3)15-9-12-6-11(2)7-14-8-12/h6-8,13,15H,4-5,9-10H2,1-3H3. The van der Waals surface area contributed by atoms with Crippen molar-refractivity contribution in [1.82, 2.24) is 10.3 Å². The van der Waals surface area contributed by atoms with E-state index in [2.05, 4.69) is 30.2 Å². The van der Waals surface area contributed by atoms with Crippen molar-refractivity contribution < 1.29 is 4.74 Å². The molecule has 0 aliphatic heterocycles. The number of nitrogens with one attached hydrogen (secondary N) is 1. The van der Waals surface area contributed by atoms with Gasteiger partial charge in [0, 0.05) is 32.1 Å². The van der Waals surface area contributed by atoms with Gasteiger partial charge in [-0.3, -0.25) is 4.98 Å². The van der Waals surface area contributed by atoms with E-state index in [0.29, 0.717) is 6.04 Å². The summed E-state index contributed by atoms with van der Waals surface area (Å²) in [7, 11) is 1.75. The molecular formula is C13H22N2O. The van der Waals surface area contributed by atoms with Crippen LogP contribution in [0.3, 0.4) is 0 Å². The SMILES string of the molecule is CCCC(COC)NCc1cncc(C)c1. The first-order valence-corrected chi connectivity index (χ1v) is 5.89. The summed E-state index contributed by atoms with van der Waals surface area (Å²) in [6.45, 7) is 5.89. The molecule has 1 rings (SSSR count). The number of ether oxygens (including phenoxy) is 1. The molecule has 0 saturated carbocycles. The molecular weight excluding hydrogens is 200 g/mol. The van der Waals surface area contributed by atoms with E-state index in [9.17, 15) is 0 Å². The predicted molar refractivity (Wildman–Crippen MR) is 66.4 cm³/mol. The summed E-state index contributed by atoms with van der Waals surface area (Å²) >= 11 is 0. The number of rotatable bonds is 7. The molecule has 0 spiro atoms. The van der Waals surface area contributed by atoms with Crippen molar-refractivity contribution >= 4 is 0 Å². The van der Waals surface area contributed by atoms with Crippen LogP contribution in [0.5, 0.6) is 0 Å². The van der Waals surface area contributed by atoms with Gasteiger partial charge in [-0.15, -0.1) is 0 Å². The topological polar surface area (TPSA) is 34.1 Å². The van der Waals surface area contributed by atoms with Gasteiger partial charge in [-0.05, 0) is 24.5 Å². The monoisotopic (exact) mass is 222 g/mol. The summed E-state index contributed by atoms with van der Waals surface area (Å²) in [5.41, 5.74) is 2.44. The molecule has 1 aromatic heterocycles. The Morgan fingerprint density at radius 3 is 2.88 bits per heavy atom. The van der Waals surface area contributed by atoms with Gasteiger partial charge < -0.3 is 10.1 Å². The van der Waals surface area contributed by atoms with Gasteiger partial charge in [-0.25, -0.2) is 0 Å². The van der Waals surface area contributed by atoms with Crippen LogP contribution in [-0.2, 0) is 11.3 Å². The van der Waals surface area contributed by atoms with Crippen LogP contribution in [0.1, 0.15) is 30.9 Å². The average molecular weight is 222 g/mol. The van der Waals surface area contributed by atoms with E-state index >= 15 is 0 Å². The quantitative estimate of drug-likeness (QED) is 0.768. The lowest BCUT2D eigenvalue weighted by atomic mass is 10.1. The largest absolute Gasteiger partial charge is 0.383 e. The highest BCUT2D eigenvalue weighted by atomic mass is 16.5. The summed E-state index contributed by atoms with van der Waals surface area (Å²) in [6, 6.07) is 2.60. The number of pyridine rings is 1. The van der Waals surface area contributed by atoms with E-state index in [1.807, 2.05) is 12.4 Å². The van der Waals surface area contributed by atoms with Crippen LogP contribution < -0.4 is 5.32 Å². The van der Waals surface area contributed by atoms with E-state index in [0.717, 1.165) is 19.6 Å². The average Bonchev–Trinajstić information content (AvgIpc) is 2.27. The lowest BCUT2D eigenvalue weighted by Gasteiger charge is -2.17. The van der Waals surface area contributed by atoms with E-state index in [-0.39, 0.29) is 0 Å². The number of nitrogens with zero attached hydrogens (tertiary/aromatic N) is 1. The van der Waals surface area contributed by atoms with Crippen LogP contribution in [0.25, 0.3) is 0 Å². The molecule has 0 saturated heterocycles. The second-order valence-corrected chi connectivity index (χ2v) is 4.19. The molecule has 0 aliphatic carbocycles. The number of hydrogen-bond acceptors (Lipinski definition) is 3. The maximum atomic E-state index is 5.19. The number of aryl methyl sites for hydroxylation is 1. The molecule has 1 aromatic rings. The van der Waals surface area contributed by atoms with Crippen LogP contribution in [-0.4, -0.2) is 24.7 Å². The molecule has 16 heavy (non-hydrogen) atoms. The van der Waals surface area contributed by atoms with Crippen molar-refractivity contribution in [2.45, 2.75) is 39.3 Å². The van der Waals surface area contributed by atoms with Crippen LogP contribution >= 0.6 is 0 Å². The highest BCUT2D eigenvalue weighted by molar-refractivity contribution is 5.16. The highest BCUT2D eigenvalue weighted by Gasteiger charge is 2.06. The lowest BCUT2D eigenvalue weighted by Crippen LogP contribution is -2.32. The van der Waals surface area contributed by atoms with Crippen molar-refractivity contribution in [2.24, 2.45) is 0 Å². The Hall–Kier alpha value is -0.930. The third-order valence-corrected chi connectivity index (χ3v) is 2.53. The Labute approximate surface area is 98.2 Å². The summed E-state index contributed by atoms with van der Waals surface area (Å²) in [4.78, 5) is 4.18. The molecule has 0 aromatic carbocycles. The van der Waals surface area contributed by atoms with Crippen LogP contribution in [0.2, 0.25) is 0 Å². The molecule has 1 heterocycles. The Balaban J connectivity index is 2.41. The van der Waals surface area contributed by atoms with Crippen LogP contribution in [0.4, 0.5) is 0 Å². The maximum Gasteiger partial charge on any atom is 0.0615 e. The molecule has 1 N–H and O–H groups in total. The lowest BCUT2D eigenvalue weighted by molar-refractivity contribution is 0.161. The summed E-state index contributed by atoms with van der Waals surface area (Å²) in [6.07, 6.45) is 6.11. The summed E-state index contributed by atoms with van der Waals surface area (Å²) in [5, 5.41) is 3.50. The fraction of sp³-hybridized carbons (Fsp3) is 0.615. The summed E-state index contributed by atoms with van der Waals surface area (Å²) in [5.74, 6) is 0. The molecule has 1 unspecified atom stereocenters. The normalized spacial score (nSPS) is 12.7. The molecule has 3 nitrogen and oxygen atoms in total. The number of methoxy groups -OCH3 is 1. The molecule has 3 heteroatoms. The predicted octanol–water partition coefficient (Wildman–Crippen LogP) is 2.29. The van der Waals surface area contributed by atoms with Crippen molar-refractivity contribution in [3.05, 3.63) is 29.6 Å². The van der Waals surface area contributed by atoms with Gasteiger partial charge in [-0.1, -0.05) is 19.4 Å². The van der Waals surface area contributed by atoms with Gasteiger partial charge in [0.15, 0.2) is 0 Å². The second kappa shape index (κ2) is 7.36. The summed E-state index contributed by atoms with van der Waals surface area (Å²) < 4.78 is 5.19. The molecule has 0 radical (unpaired) electrons. The molecule has 0 fully saturated rings. The van der Waals surface area contributed by atoms with Crippen molar-refractivity contribution in [3.63, 3.8) is 0 Å². The van der Waals surface area contributed by atoms with Crippen molar-refractivity contribution in [1.29, 1.82) is 0 Å². The minimum absolute atomic E-state index is 0.440. The second-order valence-electron chi connectivity index (χ2n) is 4.19. The van der Waals surface area contributed by atoms with E-state index in [1.165, 1.54) is 17.5 Å². The highest BCUT2D eigenvalue weighted by Crippen LogP contribution is 2.03. The Bertz CT molecular complexity index is 296. The molecule has 1 atom stereocenters. The number of aromatic nitrogens is 1. The van der Waals surface area contributed by atoms with E-state index in [4.69, 9.17) is 4.74 Å². The minimum Gasteiger partial charge on any atom is -0.383 e. The Kier molecular flexibility index (Phi) is 6.04. The third-order valence-electron chi connectivity index (χ3n) is 2.53. The van der Waals surface area contributed by atoms with Crippen LogP contribution in [0.15, 0.2) is 18.5 Å². The first-order chi connectivity index (χ1) is 7.76.